The number of hydrogen-bond acceptors (Lipinski definition) is 4. The minimum Gasteiger partial charge on any atom is -0.353 e. The molecule has 0 atom stereocenters. The molecule has 8 heteroatoms. The predicted molar refractivity (Wildman–Crippen MR) is 57.0 cm³/mol. The Morgan fingerprint density at radius 2 is 2.17 bits per heavy atom. The molecule has 0 aliphatic carbocycles. The molecule has 0 radical (unpaired) electrons. The highest BCUT2D eigenvalue weighted by atomic mass is 19.4. The lowest BCUT2D eigenvalue weighted by atomic mass is 10.2. The zero-order chi connectivity index (χ0) is 13.3. The molecule has 0 aromatic carbocycles. The van der Waals surface area contributed by atoms with E-state index in [2.05, 4.69) is 15.3 Å². The van der Waals surface area contributed by atoms with Gasteiger partial charge >= 0.3 is 6.18 Å². The number of carbonyl (C=O) groups is 1. The maximum Gasteiger partial charge on any atom is 0.433 e. The van der Waals surface area contributed by atoms with E-state index in [1.54, 1.807) is 0 Å². The van der Waals surface area contributed by atoms with Crippen LogP contribution >= 0.6 is 0 Å². The van der Waals surface area contributed by atoms with Crippen LogP contribution in [0, 0.1) is 6.92 Å². The first kappa shape index (κ1) is 12.6. The molecule has 98 valence electrons. The molecule has 1 amide bonds. The van der Waals surface area contributed by atoms with E-state index >= 15 is 0 Å². The lowest BCUT2D eigenvalue weighted by molar-refractivity contribution is -0.141. The fourth-order valence-electron chi connectivity index (χ4n) is 1.68. The summed E-state index contributed by atoms with van der Waals surface area (Å²) in [5, 5.41) is 2.58. The van der Waals surface area contributed by atoms with E-state index in [4.69, 9.17) is 0 Å². The number of halogens is 3. The van der Waals surface area contributed by atoms with E-state index in [-0.39, 0.29) is 24.0 Å². The van der Waals surface area contributed by atoms with E-state index in [1.807, 2.05) is 0 Å². The molecular formula is C10H11F3N4O. The van der Waals surface area contributed by atoms with Gasteiger partial charge in [-0.05, 0) is 12.5 Å². The summed E-state index contributed by atoms with van der Waals surface area (Å²) in [5.41, 5.74) is -0.994. The van der Waals surface area contributed by atoms with Crippen LogP contribution in [0.25, 0.3) is 0 Å². The monoisotopic (exact) mass is 260 g/mol. The zero-order valence-corrected chi connectivity index (χ0v) is 9.58. The van der Waals surface area contributed by atoms with E-state index < -0.39 is 11.9 Å². The van der Waals surface area contributed by atoms with Gasteiger partial charge in [0.1, 0.15) is 0 Å². The number of hydrogen-bond donors (Lipinski definition) is 1. The first-order valence-corrected chi connectivity index (χ1v) is 5.30. The van der Waals surface area contributed by atoms with Crippen molar-refractivity contribution in [3.05, 3.63) is 17.5 Å². The van der Waals surface area contributed by atoms with Gasteiger partial charge in [0.25, 0.3) is 0 Å². The minimum atomic E-state index is -4.51. The lowest BCUT2D eigenvalue weighted by Crippen LogP contribution is -2.48. The summed E-state index contributed by atoms with van der Waals surface area (Å²) in [5.74, 6) is -0.318. The SMILES string of the molecule is Cc1cnc(N2CCNC(=O)C2)nc1C(F)(F)F. The number of nitrogens with one attached hydrogen (secondary N) is 1. The molecule has 2 rings (SSSR count). The third-order valence-electron chi connectivity index (χ3n) is 2.55. The normalized spacial score (nSPS) is 16.7. The molecule has 0 bridgehead atoms. The van der Waals surface area contributed by atoms with E-state index in [0.717, 1.165) is 6.20 Å². The van der Waals surface area contributed by atoms with Crippen molar-refractivity contribution in [2.24, 2.45) is 0 Å². The number of aryl methyl sites for hydroxylation is 1. The van der Waals surface area contributed by atoms with Crippen LogP contribution in [0.3, 0.4) is 0 Å². The van der Waals surface area contributed by atoms with Gasteiger partial charge in [-0.25, -0.2) is 9.97 Å². The minimum absolute atomic E-state index is 0.0274. The second-order valence-electron chi connectivity index (χ2n) is 3.97. The molecule has 2 heterocycles. The average Bonchev–Trinajstić information content (AvgIpc) is 2.28. The van der Waals surface area contributed by atoms with Crippen molar-refractivity contribution < 1.29 is 18.0 Å². The Labute approximate surface area is 101 Å². The first-order chi connectivity index (χ1) is 8.38. The molecule has 5 nitrogen and oxygen atoms in total. The van der Waals surface area contributed by atoms with Gasteiger partial charge in [0.15, 0.2) is 5.69 Å². The lowest BCUT2D eigenvalue weighted by Gasteiger charge is -2.27. The molecule has 1 aliphatic heterocycles. The number of aromatic nitrogens is 2. The van der Waals surface area contributed by atoms with Crippen molar-refractivity contribution in [3.63, 3.8) is 0 Å². The number of anilines is 1. The van der Waals surface area contributed by atoms with E-state index in [0.29, 0.717) is 13.1 Å². The van der Waals surface area contributed by atoms with Crippen LogP contribution in [0.5, 0.6) is 0 Å². The van der Waals surface area contributed by atoms with Gasteiger partial charge in [0.05, 0.1) is 6.54 Å². The second kappa shape index (κ2) is 4.43. The fourth-order valence-corrected chi connectivity index (χ4v) is 1.68. The highest BCUT2D eigenvalue weighted by Crippen LogP contribution is 2.30. The smallest absolute Gasteiger partial charge is 0.353 e. The molecular weight excluding hydrogens is 249 g/mol. The maximum absolute atomic E-state index is 12.7. The maximum atomic E-state index is 12.7. The summed E-state index contributed by atoms with van der Waals surface area (Å²) >= 11 is 0. The number of rotatable bonds is 1. The summed E-state index contributed by atoms with van der Waals surface area (Å²) in [6.45, 7) is 2.04. The molecule has 1 aliphatic rings. The van der Waals surface area contributed by atoms with Crippen molar-refractivity contribution >= 4 is 11.9 Å². The Kier molecular flexibility index (Phi) is 3.10. The van der Waals surface area contributed by atoms with Gasteiger partial charge in [-0.15, -0.1) is 0 Å². The summed E-state index contributed by atoms with van der Waals surface area (Å²) in [7, 11) is 0. The van der Waals surface area contributed by atoms with Gasteiger partial charge in [0, 0.05) is 19.3 Å². The molecule has 0 spiro atoms. The Hall–Kier alpha value is -1.86. The third kappa shape index (κ3) is 2.52. The van der Waals surface area contributed by atoms with Gasteiger partial charge < -0.3 is 10.2 Å². The van der Waals surface area contributed by atoms with Crippen LogP contribution in [0.4, 0.5) is 19.1 Å². The Balaban J connectivity index is 2.32. The van der Waals surface area contributed by atoms with Crippen molar-refractivity contribution in [2.75, 3.05) is 24.5 Å². The summed E-state index contributed by atoms with van der Waals surface area (Å²) in [6, 6.07) is 0. The molecule has 1 aromatic rings. The molecule has 1 saturated heterocycles. The molecule has 1 fully saturated rings. The van der Waals surface area contributed by atoms with Gasteiger partial charge in [-0.3, -0.25) is 4.79 Å². The summed E-state index contributed by atoms with van der Waals surface area (Å²) < 4.78 is 38.1. The number of carbonyl (C=O) groups excluding carboxylic acids is 1. The zero-order valence-electron chi connectivity index (χ0n) is 9.58. The van der Waals surface area contributed by atoms with Crippen molar-refractivity contribution in [1.82, 2.24) is 15.3 Å². The highest BCUT2D eigenvalue weighted by molar-refractivity contribution is 5.81. The summed E-state index contributed by atoms with van der Waals surface area (Å²) in [6.07, 6.45) is -3.39. The molecule has 18 heavy (non-hydrogen) atoms. The van der Waals surface area contributed by atoms with Crippen LogP contribution in [-0.4, -0.2) is 35.5 Å². The van der Waals surface area contributed by atoms with Gasteiger partial charge in [-0.2, -0.15) is 13.2 Å². The standard InChI is InChI=1S/C10H11F3N4O/c1-6-4-15-9(16-8(6)10(11,12)13)17-3-2-14-7(18)5-17/h4H,2-3,5H2,1H3,(H,14,18). The predicted octanol–water partition coefficient (Wildman–Crippen LogP) is 0.740. The van der Waals surface area contributed by atoms with Crippen LogP contribution in [0.15, 0.2) is 6.20 Å². The first-order valence-electron chi connectivity index (χ1n) is 5.30. The van der Waals surface area contributed by atoms with Crippen LogP contribution in [-0.2, 0) is 11.0 Å². The van der Waals surface area contributed by atoms with Crippen molar-refractivity contribution in [2.45, 2.75) is 13.1 Å². The topological polar surface area (TPSA) is 58.1 Å². The van der Waals surface area contributed by atoms with E-state index in [1.165, 1.54) is 11.8 Å². The number of alkyl halides is 3. The number of amides is 1. The summed E-state index contributed by atoms with van der Waals surface area (Å²) in [4.78, 5) is 19.9. The molecule has 1 aromatic heterocycles. The third-order valence-corrected chi connectivity index (χ3v) is 2.55. The van der Waals surface area contributed by atoms with Crippen LogP contribution in [0.2, 0.25) is 0 Å². The van der Waals surface area contributed by atoms with Gasteiger partial charge in [0.2, 0.25) is 11.9 Å². The van der Waals surface area contributed by atoms with Crippen molar-refractivity contribution in [1.29, 1.82) is 0 Å². The molecule has 0 unspecified atom stereocenters. The average molecular weight is 260 g/mol. The number of nitrogens with zero attached hydrogens (tertiary/aromatic N) is 3. The Morgan fingerprint density at radius 1 is 1.44 bits per heavy atom. The molecule has 0 saturated carbocycles. The fraction of sp³-hybridized carbons (Fsp3) is 0.500. The van der Waals surface area contributed by atoms with Crippen LogP contribution in [0.1, 0.15) is 11.3 Å². The Morgan fingerprint density at radius 3 is 2.78 bits per heavy atom. The molecule has 1 N–H and O–H groups in total. The number of piperazine rings is 1. The van der Waals surface area contributed by atoms with Crippen LogP contribution < -0.4 is 10.2 Å². The highest BCUT2D eigenvalue weighted by Gasteiger charge is 2.35. The van der Waals surface area contributed by atoms with Gasteiger partial charge in [-0.1, -0.05) is 0 Å². The quantitative estimate of drug-likeness (QED) is 0.809. The van der Waals surface area contributed by atoms with Crippen molar-refractivity contribution in [3.8, 4) is 0 Å². The largest absolute Gasteiger partial charge is 0.433 e. The Bertz CT molecular complexity index is 475. The van der Waals surface area contributed by atoms with E-state index in [9.17, 15) is 18.0 Å². The second-order valence-corrected chi connectivity index (χ2v) is 3.97.